The van der Waals surface area contributed by atoms with E-state index in [0.29, 0.717) is 5.69 Å². The van der Waals surface area contributed by atoms with E-state index in [1.807, 2.05) is 36.4 Å². The van der Waals surface area contributed by atoms with Gasteiger partial charge in [-0.25, -0.2) is 4.98 Å². The van der Waals surface area contributed by atoms with Gasteiger partial charge in [-0.05, 0) is 25.0 Å². The normalized spacial score (nSPS) is 16.0. The molecule has 1 aliphatic carbocycles. The van der Waals surface area contributed by atoms with E-state index < -0.39 is 0 Å². The van der Waals surface area contributed by atoms with Gasteiger partial charge in [0.05, 0.1) is 5.52 Å². The van der Waals surface area contributed by atoms with Crippen LogP contribution in [0.3, 0.4) is 0 Å². The van der Waals surface area contributed by atoms with Crippen LogP contribution in [0.15, 0.2) is 36.4 Å². The Morgan fingerprint density at radius 2 is 1.94 bits per heavy atom. The molecular formula is C14H13NO. The van der Waals surface area contributed by atoms with Gasteiger partial charge in [0.1, 0.15) is 5.69 Å². The molecule has 80 valence electrons. The summed E-state index contributed by atoms with van der Waals surface area (Å²) in [6.45, 7) is 0. The lowest BCUT2D eigenvalue weighted by Crippen LogP contribution is -2.22. The van der Waals surface area contributed by atoms with Crippen molar-refractivity contribution in [2.75, 3.05) is 0 Å². The molecular weight excluding hydrogens is 198 g/mol. The molecule has 1 fully saturated rings. The average Bonchev–Trinajstić information content (AvgIpc) is 2.26. The molecule has 0 unspecified atom stereocenters. The number of fused-ring (bicyclic) bond motifs is 1. The topological polar surface area (TPSA) is 30.0 Å². The standard InChI is InChI=1S/C14H13NO/c16-14(11-5-3-6-11)13-9-8-10-4-1-2-7-12(10)15-13/h1-2,4,7-9,11H,3,5-6H2. The van der Waals surface area contributed by atoms with Crippen LogP contribution < -0.4 is 0 Å². The summed E-state index contributed by atoms with van der Waals surface area (Å²) in [5, 5.41) is 1.09. The molecule has 16 heavy (non-hydrogen) atoms. The van der Waals surface area contributed by atoms with E-state index in [1.54, 1.807) is 0 Å². The second kappa shape index (κ2) is 3.71. The van der Waals surface area contributed by atoms with Crippen LogP contribution in [0.1, 0.15) is 29.8 Å². The molecule has 0 aliphatic heterocycles. The van der Waals surface area contributed by atoms with Gasteiger partial charge >= 0.3 is 0 Å². The van der Waals surface area contributed by atoms with Crippen LogP contribution >= 0.6 is 0 Å². The molecule has 1 aromatic carbocycles. The Morgan fingerprint density at radius 1 is 1.12 bits per heavy atom. The first-order valence-corrected chi connectivity index (χ1v) is 5.74. The molecule has 1 aliphatic rings. The zero-order valence-electron chi connectivity index (χ0n) is 9.02. The number of carbonyl (C=O) groups excluding carboxylic acids is 1. The Kier molecular flexibility index (Phi) is 2.21. The Bertz CT molecular complexity index is 543. The van der Waals surface area contributed by atoms with Gasteiger partial charge in [0.2, 0.25) is 0 Å². The number of pyridine rings is 1. The molecule has 0 radical (unpaired) electrons. The number of rotatable bonds is 2. The van der Waals surface area contributed by atoms with Crippen molar-refractivity contribution in [1.82, 2.24) is 4.98 Å². The highest BCUT2D eigenvalue weighted by molar-refractivity contribution is 5.98. The van der Waals surface area contributed by atoms with Gasteiger partial charge in [0.15, 0.2) is 5.78 Å². The Hall–Kier alpha value is -1.70. The van der Waals surface area contributed by atoms with Crippen molar-refractivity contribution in [2.45, 2.75) is 19.3 Å². The zero-order chi connectivity index (χ0) is 11.0. The summed E-state index contributed by atoms with van der Waals surface area (Å²) >= 11 is 0. The highest BCUT2D eigenvalue weighted by Gasteiger charge is 2.26. The summed E-state index contributed by atoms with van der Waals surface area (Å²) in [7, 11) is 0. The minimum absolute atomic E-state index is 0.219. The van der Waals surface area contributed by atoms with Gasteiger partial charge < -0.3 is 0 Å². The van der Waals surface area contributed by atoms with Gasteiger partial charge in [-0.3, -0.25) is 4.79 Å². The molecule has 1 heterocycles. The maximum atomic E-state index is 12.0. The molecule has 0 bridgehead atoms. The van der Waals surface area contributed by atoms with E-state index in [-0.39, 0.29) is 11.7 Å². The zero-order valence-corrected chi connectivity index (χ0v) is 9.02. The van der Waals surface area contributed by atoms with Crippen molar-refractivity contribution in [3.05, 3.63) is 42.1 Å². The van der Waals surface area contributed by atoms with E-state index in [4.69, 9.17) is 0 Å². The summed E-state index contributed by atoms with van der Waals surface area (Å²) < 4.78 is 0. The summed E-state index contributed by atoms with van der Waals surface area (Å²) in [6, 6.07) is 11.7. The molecule has 2 heteroatoms. The fourth-order valence-electron chi connectivity index (χ4n) is 2.08. The molecule has 1 saturated carbocycles. The number of ketones is 1. The highest BCUT2D eigenvalue weighted by atomic mass is 16.1. The Morgan fingerprint density at radius 3 is 2.69 bits per heavy atom. The van der Waals surface area contributed by atoms with Crippen molar-refractivity contribution in [1.29, 1.82) is 0 Å². The molecule has 1 aromatic heterocycles. The lowest BCUT2D eigenvalue weighted by atomic mass is 9.81. The predicted octanol–water partition coefficient (Wildman–Crippen LogP) is 3.22. The Balaban J connectivity index is 2.01. The molecule has 0 saturated heterocycles. The lowest BCUT2D eigenvalue weighted by molar-refractivity contribution is 0.0850. The number of aromatic nitrogens is 1. The van der Waals surface area contributed by atoms with Crippen LogP contribution in [-0.4, -0.2) is 10.8 Å². The number of nitrogens with zero attached hydrogens (tertiary/aromatic N) is 1. The second-order valence-corrected chi connectivity index (χ2v) is 4.38. The molecule has 0 atom stereocenters. The number of hydrogen-bond acceptors (Lipinski definition) is 2. The maximum absolute atomic E-state index is 12.0. The van der Waals surface area contributed by atoms with Gasteiger partial charge in [-0.1, -0.05) is 30.7 Å². The lowest BCUT2D eigenvalue weighted by Gasteiger charge is -2.23. The molecule has 0 amide bonds. The number of carbonyl (C=O) groups is 1. The van der Waals surface area contributed by atoms with Gasteiger partial charge in [0, 0.05) is 11.3 Å². The summed E-state index contributed by atoms with van der Waals surface area (Å²) in [4.78, 5) is 16.4. The fourth-order valence-corrected chi connectivity index (χ4v) is 2.08. The van der Waals surface area contributed by atoms with Crippen molar-refractivity contribution < 1.29 is 4.79 Å². The summed E-state index contributed by atoms with van der Waals surface area (Å²) in [5.74, 6) is 0.450. The molecule has 3 rings (SSSR count). The largest absolute Gasteiger partial charge is 0.292 e. The first-order chi connectivity index (χ1) is 7.84. The van der Waals surface area contributed by atoms with Gasteiger partial charge in [0.25, 0.3) is 0 Å². The van der Waals surface area contributed by atoms with Crippen LogP contribution in [0.4, 0.5) is 0 Å². The van der Waals surface area contributed by atoms with E-state index in [1.165, 1.54) is 6.42 Å². The summed E-state index contributed by atoms with van der Waals surface area (Å²) in [5.41, 5.74) is 1.54. The maximum Gasteiger partial charge on any atom is 0.184 e. The third kappa shape index (κ3) is 1.51. The van der Waals surface area contributed by atoms with Crippen molar-refractivity contribution in [3.63, 3.8) is 0 Å². The fraction of sp³-hybridized carbons (Fsp3) is 0.286. The quantitative estimate of drug-likeness (QED) is 0.714. The van der Waals surface area contributed by atoms with Crippen LogP contribution in [0.25, 0.3) is 10.9 Å². The molecule has 2 aromatic rings. The number of para-hydroxylation sites is 1. The van der Waals surface area contributed by atoms with E-state index in [0.717, 1.165) is 23.7 Å². The van der Waals surface area contributed by atoms with Gasteiger partial charge in [-0.15, -0.1) is 0 Å². The third-order valence-corrected chi connectivity index (χ3v) is 3.33. The first kappa shape index (κ1) is 9.52. The second-order valence-electron chi connectivity index (χ2n) is 4.38. The van der Waals surface area contributed by atoms with E-state index >= 15 is 0 Å². The van der Waals surface area contributed by atoms with Crippen molar-refractivity contribution in [2.24, 2.45) is 5.92 Å². The molecule has 0 N–H and O–H groups in total. The average molecular weight is 211 g/mol. The summed E-state index contributed by atoms with van der Waals surface area (Å²) in [6.07, 6.45) is 3.25. The smallest absolute Gasteiger partial charge is 0.184 e. The van der Waals surface area contributed by atoms with E-state index in [9.17, 15) is 4.79 Å². The molecule has 0 spiro atoms. The monoisotopic (exact) mass is 211 g/mol. The number of Topliss-reactive ketones (excluding diaryl/α,β-unsaturated/α-hetero) is 1. The first-order valence-electron chi connectivity index (χ1n) is 5.74. The predicted molar refractivity (Wildman–Crippen MR) is 63.4 cm³/mol. The highest BCUT2D eigenvalue weighted by Crippen LogP contribution is 2.29. The van der Waals surface area contributed by atoms with Crippen molar-refractivity contribution >= 4 is 16.7 Å². The van der Waals surface area contributed by atoms with Crippen molar-refractivity contribution in [3.8, 4) is 0 Å². The van der Waals surface area contributed by atoms with E-state index in [2.05, 4.69) is 4.98 Å². The van der Waals surface area contributed by atoms with Crippen LogP contribution in [0.5, 0.6) is 0 Å². The minimum Gasteiger partial charge on any atom is -0.292 e. The number of benzene rings is 1. The van der Waals surface area contributed by atoms with Crippen LogP contribution in [0.2, 0.25) is 0 Å². The van der Waals surface area contributed by atoms with Crippen LogP contribution in [-0.2, 0) is 0 Å². The van der Waals surface area contributed by atoms with Crippen LogP contribution in [0, 0.1) is 5.92 Å². The number of hydrogen-bond donors (Lipinski definition) is 0. The SMILES string of the molecule is O=C(c1ccc2ccccc2n1)C1CCC1. The van der Waals surface area contributed by atoms with Gasteiger partial charge in [-0.2, -0.15) is 0 Å². The Labute approximate surface area is 94.3 Å². The minimum atomic E-state index is 0.219. The molecule has 2 nitrogen and oxygen atoms in total. The third-order valence-electron chi connectivity index (χ3n) is 3.33.